The van der Waals surface area contributed by atoms with Gasteiger partial charge in [0.15, 0.2) is 11.5 Å². The highest BCUT2D eigenvalue weighted by atomic mass is 32.2. The monoisotopic (exact) mass is 466 g/mol. The molecule has 4 rings (SSSR count). The molecule has 0 fully saturated rings. The first-order valence-electron chi connectivity index (χ1n) is 10.9. The molecule has 9 heteroatoms. The summed E-state index contributed by atoms with van der Waals surface area (Å²) in [6.07, 6.45) is 2.53. The Labute approximate surface area is 196 Å². The summed E-state index contributed by atoms with van der Waals surface area (Å²) >= 11 is 1.22. The minimum Gasteiger partial charge on any atom is -0.490 e. The molecule has 33 heavy (non-hydrogen) atoms. The van der Waals surface area contributed by atoms with Crippen LogP contribution in [-0.4, -0.2) is 46.6 Å². The van der Waals surface area contributed by atoms with Crippen molar-refractivity contribution in [2.75, 3.05) is 25.5 Å². The van der Waals surface area contributed by atoms with E-state index in [-0.39, 0.29) is 11.7 Å². The molecule has 0 aliphatic rings. The molecule has 0 bridgehead atoms. The van der Waals surface area contributed by atoms with Gasteiger partial charge in [0, 0.05) is 23.6 Å². The van der Waals surface area contributed by atoms with Crippen LogP contribution < -0.4 is 14.8 Å². The van der Waals surface area contributed by atoms with Crippen molar-refractivity contribution in [2.45, 2.75) is 25.5 Å². The minimum atomic E-state index is -0.0946. The molecule has 2 aromatic carbocycles. The van der Waals surface area contributed by atoms with Crippen LogP contribution in [0, 0.1) is 0 Å². The zero-order chi connectivity index (χ0) is 23.0. The lowest BCUT2D eigenvalue weighted by Gasteiger charge is -2.12. The van der Waals surface area contributed by atoms with Crippen molar-refractivity contribution >= 4 is 28.6 Å². The quantitative estimate of drug-likeness (QED) is 0.315. The summed E-state index contributed by atoms with van der Waals surface area (Å²) < 4.78 is 17.0. The molecule has 0 aliphatic carbocycles. The first-order valence-corrected chi connectivity index (χ1v) is 11.8. The molecule has 8 nitrogen and oxygen atoms in total. The second kappa shape index (κ2) is 10.9. The normalized spacial score (nSPS) is 11.0. The van der Waals surface area contributed by atoms with Gasteiger partial charge in [0.1, 0.15) is 0 Å². The number of benzene rings is 2. The lowest BCUT2D eigenvalue weighted by molar-refractivity contribution is -0.118. The van der Waals surface area contributed by atoms with Crippen molar-refractivity contribution in [3.05, 3.63) is 54.2 Å². The van der Waals surface area contributed by atoms with E-state index in [4.69, 9.17) is 13.9 Å². The van der Waals surface area contributed by atoms with Gasteiger partial charge in [-0.05, 0) is 44.0 Å². The molecule has 2 heterocycles. The largest absolute Gasteiger partial charge is 0.490 e. The first kappa shape index (κ1) is 22.7. The molecular weight excluding hydrogens is 440 g/mol. The Morgan fingerprint density at radius 1 is 1.09 bits per heavy atom. The van der Waals surface area contributed by atoms with Crippen LogP contribution in [-0.2, 0) is 11.2 Å². The summed E-state index contributed by atoms with van der Waals surface area (Å²) in [5, 5.41) is 12.5. The number of para-hydroxylation sites is 1. The number of hydrogen-bond acceptors (Lipinski definition) is 7. The Morgan fingerprint density at radius 3 is 2.76 bits per heavy atom. The average molecular weight is 467 g/mol. The lowest BCUT2D eigenvalue weighted by atomic mass is 10.1. The SMILES string of the molecule is CCOc1ccc(CCNC(=O)CSc2nnc(-c3c[nH]c4ccccc34)o2)cc1OCC. The Bertz CT molecular complexity index is 1220. The maximum Gasteiger partial charge on any atom is 0.277 e. The van der Waals surface area contributed by atoms with Crippen molar-refractivity contribution in [1.29, 1.82) is 0 Å². The van der Waals surface area contributed by atoms with E-state index in [1.807, 2.05) is 62.5 Å². The zero-order valence-corrected chi connectivity index (χ0v) is 19.4. The topological polar surface area (TPSA) is 102 Å². The standard InChI is InChI=1S/C24H26N4O4S/c1-3-30-20-10-9-16(13-21(20)31-4-2)11-12-25-22(29)15-33-24-28-27-23(32-24)18-14-26-19-8-6-5-7-17(18)19/h5-10,13-14,26H,3-4,11-12,15H2,1-2H3,(H,25,29). The van der Waals surface area contributed by atoms with E-state index in [2.05, 4.69) is 20.5 Å². The van der Waals surface area contributed by atoms with Crippen molar-refractivity contribution < 1.29 is 18.7 Å². The number of H-pyrrole nitrogens is 1. The number of aromatic amines is 1. The molecule has 2 aromatic heterocycles. The predicted octanol–water partition coefficient (Wildman–Crippen LogP) is 4.47. The zero-order valence-electron chi connectivity index (χ0n) is 18.6. The van der Waals surface area contributed by atoms with Crippen LogP contribution in [0.5, 0.6) is 11.5 Å². The van der Waals surface area contributed by atoms with E-state index in [1.54, 1.807) is 0 Å². The lowest BCUT2D eigenvalue weighted by Crippen LogP contribution is -2.27. The van der Waals surface area contributed by atoms with Gasteiger partial charge in [-0.25, -0.2) is 0 Å². The van der Waals surface area contributed by atoms with Crippen LogP contribution in [0.2, 0.25) is 0 Å². The average Bonchev–Trinajstić information content (AvgIpc) is 3.46. The van der Waals surface area contributed by atoms with Crippen molar-refractivity contribution in [2.24, 2.45) is 0 Å². The molecule has 0 aliphatic heterocycles. The van der Waals surface area contributed by atoms with Crippen LogP contribution in [0.3, 0.4) is 0 Å². The van der Waals surface area contributed by atoms with E-state index in [0.717, 1.165) is 33.5 Å². The van der Waals surface area contributed by atoms with Gasteiger partial charge in [0.2, 0.25) is 5.91 Å². The summed E-state index contributed by atoms with van der Waals surface area (Å²) in [5.74, 6) is 1.98. The van der Waals surface area contributed by atoms with Crippen molar-refractivity contribution in [3.63, 3.8) is 0 Å². The Balaban J connectivity index is 1.26. The first-order chi connectivity index (χ1) is 16.2. The third-order valence-corrected chi connectivity index (χ3v) is 5.71. The van der Waals surface area contributed by atoms with Crippen molar-refractivity contribution in [1.82, 2.24) is 20.5 Å². The number of nitrogens with zero attached hydrogens (tertiary/aromatic N) is 2. The summed E-state index contributed by atoms with van der Waals surface area (Å²) in [4.78, 5) is 15.4. The highest BCUT2D eigenvalue weighted by Gasteiger charge is 2.14. The van der Waals surface area contributed by atoms with Gasteiger partial charge in [0.25, 0.3) is 11.1 Å². The summed E-state index contributed by atoms with van der Waals surface area (Å²) in [5.41, 5.74) is 2.91. The highest BCUT2D eigenvalue weighted by molar-refractivity contribution is 7.99. The Hall–Kier alpha value is -3.46. The molecular formula is C24H26N4O4S. The van der Waals surface area contributed by atoms with Gasteiger partial charge in [-0.3, -0.25) is 4.79 Å². The van der Waals surface area contributed by atoms with Crippen LogP contribution in [0.4, 0.5) is 0 Å². The molecule has 0 radical (unpaired) electrons. The second-order valence-corrected chi connectivity index (χ2v) is 8.08. The number of ether oxygens (including phenoxy) is 2. The van der Waals surface area contributed by atoms with Gasteiger partial charge >= 0.3 is 0 Å². The van der Waals surface area contributed by atoms with Gasteiger partial charge in [-0.15, -0.1) is 10.2 Å². The molecule has 172 valence electrons. The Kier molecular flexibility index (Phi) is 7.51. The summed E-state index contributed by atoms with van der Waals surface area (Å²) in [7, 11) is 0. The summed E-state index contributed by atoms with van der Waals surface area (Å²) in [6, 6.07) is 13.8. The molecule has 0 atom stereocenters. The third kappa shape index (κ3) is 5.67. The molecule has 0 spiro atoms. The summed E-state index contributed by atoms with van der Waals surface area (Å²) in [6.45, 7) is 5.54. The molecule has 1 amide bonds. The number of thioether (sulfide) groups is 1. The Morgan fingerprint density at radius 2 is 1.91 bits per heavy atom. The van der Waals surface area contributed by atoms with E-state index >= 15 is 0 Å². The smallest absolute Gasteiger partial charge is 0.277 e. The fourth-order valence-electron chi connectivity index (χ4n) is 3.40. The number of fused-ring (bicyclic) bond motifs is 1. The number of aromatic nitrogens is 3. The molecule has 0 saturated carbocycles. The highest BCUT2D eigenvalue weighted by Crippen LogP contribution is 2.30. The second-order valence-electron chi connectivity index (χ2n) is 7.16. The van der Waals surface area contributed by atoms with Gasteiger partial charge in [-0.2, -0.15) is 0 Å². The molecule has 4 aromatic rings. The van der Waals surface area contributed by atoms with Crippen LogP contribution >= 0.6 is 11.8 Å². The maximum absolute atomic E-state index is 12.3. The van der Waals surface area contributed by atoms with Crippen molar-refractivity contribution in [3.8, 4) is 23.0 Å². The number of carbonyl (C=O) groups excluding carboxylic acids is 1. The predicted molar refractivity (Wildman–Crippen MR) is 128 cm³/mol. The van der Waals surface area contributed by atoms with Gasteiger partial charge in [0.05, 0.1) is 24.5 Å². The van der Waals surface area contributed by atoms with Gasteiger partial charge < -0.3 is 24.2 Å². The maximum atomic E-state index is 12.3. The number of nitrogens with one attached hydrogen (secondary N) is 2. The number of hydrogen-bond donors (Lipinski definition) is 2. The number of amides is 1. The fraction of sp³-hybridized carbons (Fsp3) is 0.292. The van der Waals surface area contributed by atoms with E-state index in [9.17, 15) is 4.79 Å². The molecule has 0 unspecified atom stereocenters. The third-order valence-electron chi connectivity index (χ3n) is 4.90. The van der Waals surface area contributed by atoms with Crippen LogP contribution in [0.25, 0.3) is 22.4 Å². The van der Waals surface area contributed by atoms with E-state index < -0.39 is 0 Å². The number of carbonyl (C=O) groups is 1. The fourth-order valence-corrected chi connectivity index (χ4v) is 3.99. The molecule has 0 saturated heterocycles. The number of rotatable bonds is 11. The van der Waals surface area contributed by atoms with Crippen LogP contribution in [0.1, 0.15) is 19.4 Å². The van der Waals surface area contributed by atoms with Crippen LogP contribution in [0.15, 0.2) is 58.3 Å². The van der Waals surface area contributed by atoms with Gasteiger partial charge in [-0.1, -0.05) is 36.0 Å². The van der Waals surface area contributed by atoms with E-state index in [1.165, 1.54) is 11.8 Å². The van der Waals surface area contributed by atoms with E-state index in [0.29, 0.717) is 37.3 Å². The molecule has 2 N–H and O–H groups in total. The minimum absolute atomic E-state index is 0.0946.